The highest BCUT2D eigenvalue weighted by atomic mass is 35.5. The van der Waals surface area contributed by atoms with Crippen LogP contribution in [0.3, 0.4) is 0 Å². The molecule has 0 spiro atoms. The van der Waals surface area contributed by atoms with Crippen molar-refractivity contribution in [3.8, 4) is 11.4 Å². The van der Waals surface area contributed by atoms with Gasteiger partial charge in [-0.1, -0.05) is 6.07 Å². The number of nitrogens with zero attached hydrogens (tertiary/aromatic N) is 1. The molecule has 1 heterocycles. The smallest absolute Gasteiger partial charge is 0.257 e. The van der Waals surface area contributed by atoms with Crippen LogP contribution < -0.4 is 10.2 Å². The topological polar surface area (TPSA) is 48.3 Å². The zero-order valence-corrected chi connectivity index (χ0v) is 12.2. The molecule has 104 valence electrons. The molecule has 0 fully saturated rings. The maximum atomic E-state index is 11.7. The number of hydrogen-bond acceptors (Lipinski definition) is 3. The minimum Gasteiger partial charge on any atom is -0.495 e. The van der Waals surface area contributed by atoms with Crippen LogP contribution in [0.2, 0.25) is 0 Å². The Labute approximate surface area is 121 Å². The lowest BCUT2D eigenvalue weighted by Gasteiger charge is -2.15. The number of benzene rings is 1. The second kappa shape index (κ2) is 5.51. The van der Waals surface area contributed by atoms with Gasteiger partial charge in [-0.2, -0.15) is 0 Å². The van der Waals surface area contributed by atoms with Gasteiger partial charge in [0.2, 0.25) is 0 Å². The average Bonchev–Trinajstić information content (AvgIpc) is 2.38. The Bertz CT molecular complexity index is 734. The predicted molar refractivity (Wildman–Crippen MR) is 78.2 cm³/mol. The first-order valence-electron chi connectivity index (χ1n) is 6.02. The second-order valence-corrected chi connectivity index (χ2v) is 4.86. The summed E-state index contributed by atoms with van der Waals surface area (Å²) in [5.74, 6) is 0.648. The molecule has 4 nitrogen and oxygen atoms in total. The highest BCUT2D eigenvalue weighted by molar-refractivity contribution is 6.67. The average molecular weight is 292 g/mol. The summed E-state index contributed by atoms with van der Waals surface area (Å²) >= 11 is 5.44. The lowest BCUT2D eigenvalue weighted by molar-refractivity contribution is 0.108. The highest BCUT2D eigenvalue weighted by Crippen LogP contribution is 2.25. The van der Waals surface area contributed by atoms with E-state index in [1.807, 2.05) is 25.1 Å². The van der Waals surface area contributed by atoms with E-state index in [-0.39, 0.29) is 11.0 Å². The molecule has 1 aromatic heterocycles. The van der Waals surface area contributed by atoms with Crippen LogP contribution >= 0.6 is 11.6 Å². The maximum absolute atomic E-state index is 11.7. The number of aromatic nitrogens is 1. The van der Waals surface area contributed by atoms with E-state index in [4.69, 9.17) is 16.3 Å². The Kier molecular flexibility index (Phi) is 3.95. The van der Waals surface area contributed by atoms with Gasteiger partial charge in [-0.25, -0.2) is 0 Å². The predicted octanol–water partition coefficient (Wildman–Crippen LogP) is 2.84. The molecule has 5 heteroatoms. The summed E-state index contributed by atoms with van der Waals surface area (Å²) in [7, 11) is 1.57. The van der Waals surface area contributed by atoms with Gasteiger partial charge in [0.05, 0.1) is 18.4 Å². The Morgan fingerprint density at radius 2 is 1.95 bits per heavy atom. The molecule has 0 aliphatic rings. The van der Waals surface area contributed by atoms with Crippen molar-refractivity contribution in [1.29, 1.82) is 0 Å². The molecule has 0 saturated heterocycles. The lowest BCUT2D eigenvalue weighted by atomic mass is 10.1. The van der Waals surface area contributed by atoms with Crippen molar-refractivity contribution in [3.63, 3.8) is 0 Å². The summed E-state index contributed by atoms with van der Waals surface area (Å²) in [6, 6.07) is 7.06. The molecule has 20 heavy (non-hydrogen) atoms. The van der Waals surface area contributed by atoms with E-state index in [0.29, 0.717) is 11.4 Å². The molecule has 0 atom stereocenters. The van der Waals surface area contributed by atoms with Gasteiger partial charge in [0.25, 0.3) is 5.24 Å². The van der Waals surface area contributed by atoms with Crippen molar-refractivity contribution >= 4 is 16.8 Å². The van der Waals surface area contributed by atoms with Gasteiger partial charge >= 0.3 is 0 Å². The van der Waals surface area contributed by atoms with Crippen LogP contribution in [0.1, 0.15) is 21.6 Å². The zero-order chi connectivity index (χ0) is 14.9. The van der Waals surface area contributed by atoms with Crippen LogP contribution in [-0.2, 0) is 0 Å². The molecular weight excluding hydrogens is 278 g/mol. The standard InChI is InChI=1S/C15H14ClNO3/c1-9-4-5-14(20-3)12(6-9)17-8-11(15(16)19)13(18)7-10(17)2/h4-8H,1-3H3. The molecule has 0 radical (unpaired) electrons. The molecule has 0 unspecified atom stereocenters. The molecule has 0 aliphatic heterocycles. The number of rotatable bonds is 3. The number of carbonyl (C=O) groups excluding carboxylic acids is 1. The van der Waals surface area contributed by atoms with Gasteiger partial charge in [0.1, 0.15) is 5.75 Å². The van der Waals surface area contributed by atoms with Crippen LogP contribution in [0.25, 0.3) is 5.69 Å². The number of pyridine rings is 1. The SMILES string of the molecule is COc1ccc(C)cc1-n1cc(C(=O)Cl)c(=O)cc1C. The van der Waals surface area contributed by atoms with Crippen LogP contribution in [0.4, 0.5) is 0 Å². The molecule has 2 aromatic rings. The molecule has 2 rings (SSSR count). The van der Waals surface area contributed by atoms with Crippen LogP contribution in [0.5, 0.6) is 5.75 Å². The molecular formula is C15H14ClNO3. The Hall–Kier alpha value is -2.07. The van der Waals surface area contributed by atoms with E-state index in [1.165, 1.54) is 12.3 Å². The minimum absolute atomic E-state index is 0.0548. The largest absolute Gasteiger partial charge is 0.495 e. The zero-order valence-electron chi connectivity index (χ0n) is 11.4. The summed E-state index contributed by atoms with van der Waals surface area (Å²) in [5, 5.41) is -0.768. The third-order valence-electron chi connectivity index (χ3n) is 3.05. The fourth-order valence-corrected chi connectivity index (χ4v) is 2.17. The normalized spacial score (nSPS) is 10.4. The minimum atomic E-state index is -0.768. The molecule has 0 aliphatic carbocycles. The van der Waals surface area contributed by atoms with Crippen molar-refractivity contribution in [3.05, 3.63) is 57.5 Å². The van der Waals surface area contributed by atoms with Gasteiger partial charge in [-0.3, -0.25) is 9.59 Å². The van der Waals surface area contributed by atoms with E-state index in [9.17, 15) is 9.59 Å². The van der Waals surface area contributed by atoms with Gasteiger partial charge in [-0.15, -0.1) is 0 Å². The summed E-state index contributed by atoms with van der Waals surface area (Å²) in [6.45, 7) is 3.74. The van der Waals surface area contributed by atoms with E-state index < -0.39 is 5.24 Å². The number of carbonyl (C=O) groups is 1. The van der Waals surface area contributed by atoms with Gasteiger partial charge in [-0.05, 0) is 43.1 Å². The van der Waals surface area contributed by atoms with Crippen molar-refractivity contribution in [1.82, 2.24) is 4.57 Å². The summed E-state index contributed by atoms with van der Waals surface area (Å²) in [6.07, 6.45) is 1.45. The van der Waals surface area contributed by atoms with Crippen molar-refractivity contribution in [2.75, 3.05) is 7.11 Å². The monoisotopic (exact) mass is 291 g/mol. The van der Waals surface area contributed by atoms with Gasteiger partial charge < -0.3 is 9.30 Å². The van der Waals surface area contributed by atoms with Gasteiger partial charge in [0, 0.05) is 18.0 Å². The van der Waals surface area contributed by atoms with E-state index >= 15 is 0 Å². The summed E-state index contributed by atoms with van der Waals surface area (Å²) < 4.78 is 7.05. The van der Waals surface area contributed by atoms with Crippen molar-refractivity contribution in [2.24, 2.45) is 0 Å². The molecule has 0 saturated carbocycles. The fourth-order valence-electron chi connectivity index (χ4n) is 2.03. The van der Waals surface area contributed by atoms with Crippen molar-refractivity contribution < 1.29 is 9.53 Å². The van der Waals surface area contributed by atoms with Crippen LogP contribution in [0.15, 0.2) is 35.3 Å². The summed E-state index contributed by atoms with van der Waals surface area (Å²) in [4.78, 5) is 23.0. The van der Waals surface area contributed by atoms with Gasteiger partial charge in [0.15, 0.2) is 5.43 Å². The molecule has 0 N–H and O–H groups in total. The first kappa shape index (κ1) is 14.3. The number of hydrogen-bond donors (Lipinski definition) is 0. The first-order chi connectivity index (χ1) is 9.43. The van der Waals surface area contributed by atoms with Crippen LogP contribution in [0, 0.1) is 13.8 Å². The lowest BCUT2D eigenvalue weighted by Crippen LogP contribution is -2.16. The molecule has 1 aromatic carbocycles. The van der Waals surface area contributed by atoms with E-state index in [1.54, 1.807) is 18.6 Å². The maximum Gasteiger partial charge on any atom is 0.257 e. The molecule has 0 amide bonds. The number of ether oxygens (including phenoxy) is 1. The third-order valence-corrected chi connectivity index (χ3v) is 3.25. The Morgan fingerprint density at radius 1 is 1.25 bits per heavy atom. The second-order valence-electron chi connectivity index (χ2n) is 4.51. The quantitative estimate of drug-likeness (QED) is 0.817. The third kappa shape index (κ3) is 2.60. The van der Waals surface area contributed by atoms with E-state index in [0.717, 1.165) is 11.3 Å². The Morgan fingerprint density at radius 3 is 2.55 bits per heavy atom. The fraction of sp³-hybridized carbons (Fsp3) is 0.200. The highest BCUT2D eigenvalue weighted by Gasteiger charge is 2.13. The number of methoxy groups -OCH3 is 1. The number of aryl methyl sites for hydroxylation is 2. The first-order valence-corrected chi connectivity index (χ1v) is 6.40. The Balaban J connectivity index is 2.75. The van der Waals surface area contributed by atoms with Crippen molar-refractivity contribution in [2.45, 2.75) is 13.8 Å². The van der Waals surface area contributed by atoms with E-state index in [2.05, 4.69) is 0 Å². The molecule has 0 bridgehead atoms. The number of halogens is 1. The summed E-state index contributed by atoms with van der Waals surface area (Å²) in [5.41, 5.74) is 2.05. The van der Waals surface area contributed by atoms with Crippen LogP contribution in [-0.4, -0.2) is 16.9 Å².